The molecule has 3 aromatic rings. The first kappa shape index (κ1) is 17.2. The van der Waals surface area contributed by atoms with E-state index in [9.17, 15) is 0 Å². The summed E-state index contributed by atoms with van der Waals surface area (Å²) in [7, 11) is 0. The molecule has 0 aliphatic heterocycles. The van der Waals surface area contributed by atoms with Crippen LogP contribution in [0.4, 0.5) is 0 Å². The molecule has 3 rings (SSSR count). The average molecular weight is 327 g/mol. The summed E-state index contributed by atoms with van der Waals surface area (Å²) < 4.78 is 0. The van der Waals surface area contributed by atoms with Crippen LogP contribution >= 0.6 is 0 Å². The van der Waals surface area contributed by atoms with Gasteiger partial charge in [0.25, 0.3) is 0 Å². The van der Waals surface area contributed by atoms with Crippen LogP contribution in [-0.2, 0) is 0 Å². The fourth-order valence-electron chi connectivity index (χ4n) is 2.95. The Morgan fingerprint density at radius 1 is 0.800 bits per heavy atom. The van der Waals surface area contributed by atoms with Crippen LogP contribution in [0.3, 0.4) is 0 Å². The third-order valence-electron chi connectivity index (χ3n) is 4.48. The lowest BCUT2D eigenvalue weighted by molar-refractivity contribution is 0.617. The van der Waals surface area contributed by atoms with Crippen molar-refractivity contribution >= 4 is 5.57 Å². The lowest BCUT2D eigenvalue weighted by Crippen LogP contribution is -2.18. The predicted octanol–water partition coefficient (Wildman–Crippen LogP) is 5.78. The zero-order valence-corrected chi connectivity index (χ0v) is 14.9. The molecule has 126 valence electrons. The van der Waals surface area contributed by atoms with Gasteiger partial charge in [-0.25, -0.2) is 0 Å². The number of benzene rings is 3. The van der Waals surface area contributed by atoms with E-state index in [-0.39, 0.29) is 0 Å². The van der Waals surface area contributed by atoms with Crippen LogP contribution in [0.1, 0.15) is 35.2 Å². The quantitative estimate of drug-likeness (QED) is 0.605. The van der Waals surface area contributed by atoms with E-state index >= 15 is 0 Å². The van der Waals surface area contributed by atoms with Crippen molar-refractivity contribution in [2.75, 3.05) is 6.54 Å². The van der Waals surface area contributed by atoms with Crippen molar-refractivity contribution in [1.29, 1.82) is 0 Å². The molecule has 0 bridgehead atoms. The molecule has 0 radical (unpaired) electrons. The van der Waals surface area contributed by atoms with Crippen molar-refractivity contribution in [1.82, 2.24) is 5.32 Å². The second-order valence-corrected chi connectivity index (χ2v) is 6.39. The molecule has 0 aromatic heterocycles. The highest BCUT2D eigenvalue weighted by molar-refractivity contribution is 5.79. The molecule has 0 saturated carbocycles. The van der Waals surface area contributed by atoms with Crippen LogP contribution in [0.5, 0.6) is 0 Å². The third kappa shape index (κ3) is 4.68. The molecule has 0 heterocycles. The zero-order chi connectivity index (χ0) is 17.5. The Hall–Kier alpha value is -2.64. The third-order valence-corrected chi connectivity index (χ3v) is 4.48. The topological polar surface area (TPSA) is 12.0 Å². The Morgan fingerprint density at radius 3 is 1.84 bits per heavy atom. The first-order valence-corrected chi connectivity index (χ1v) is 8.85. The first-order valence-electron chi connectivity index (χ1n) is 8.85. The summed E-state index contributed by atoms with van der Waals surface area (Å²) in [5.41, 5.74) is 6.38. The molecule has 0 aliphatic carbocycles. The van der Waals surface area contributed by atoms with Crippen molar-refractivity contribution in [2.24, 2.45) is 0 Å². The molecule has 1 heteroatoms. The Bertz CT molecular complexity index is 760. The normalized spacial score (nSPS) is 11.8. The monoisotopic (exact) mass is 327 g/mol. The van der Waals surface area contributed by atoms with Crippen LogP contribution in [-0.4, -0.2) is 6.54 Å². The Morgan fingerprint density at radius 2 is 1.32 bits per heavy atom. The lowest BCUT2D eigenvalue weighted by atomic mass is 9.97. The minimum Gasteiger partial charge on any atom is -0.307 e. The van der Waals surface area contributed by atoms with Crippen molar-refractivity contribution in [2.45, 2.75) is 19.9 Å². The van der Waals surface area contributed by atoms with Gasteiger partial charge in [-0.2, -0.15) is 0 Å². The predicted molar refractivity (Wildman–Crippen MR) is 108 cm³/mol. The summed E-state index contributed by atoms with van der Waals surface area (Å²) in [5, 5.41) is 3.61. The van der Waals surface area contributed by atoms with Gasteiger partial charge in [-0.15, -0.1) is 0 Å². The molecule has 1 atom stereocenters. The van der Waals surface area contributed by atoms with Gasteiger partial charge in [-0.05, 0) is 36.1 Å². The van der Waals surface area contributed by atoms with E-state index in [2.05, 4.69) is 110 Å². The molecule has 0 unspecified atom stereocenters. The van der Waals surface area contributed by atoms with Crippen molar-refractivity contribution in [3.05, 3.63) is 113 Å². The second-order valence-electron chi connectivity index (χ2n) is 6.39. The largest absolute Gasteiger partial charge is 0.307 e. The molecule has 25 heavy (non-hydrogen) atoms. The highest BCUT2D eigenvalue weighted by Crippen LogP contribution is 2.23. The van der Waals surface area contributed by atoms with Gasteiger partial charge in [0.05, 0.1) is 0 Å². The standard InChI is InChI=1S/C24H25N/c1-19-13-15-21(16-14-19)20(2)25-18-17-24(22-9-5-3-6-10-22)23-11-7-4-8-12-23/h3-17,20,25H,18H2,1-2H3/t20-/m1/s1. The number of rotatable bonds is 6. The molecular weight excluding hydrogens is 302 g/mol. The van der Waals surface area contributed by atoms with Gasteiger partial charge in [0.2, 0.25) is 0 Å². The van der Waals surface area contributed by atoms with Gasteiger partial charge in [0.1, 0.15) is 0 Å². The van der Waals surface area contributed by atoms with E-state index in [4.69, 9.17) is 0 Å². The number of hydrogen-bond donors (Lipinski definition) is 1. The van der Waals surface area contributed by atoms with Crippen molar-refractivity contribution < 1.29 is 0 Å². The molecule has 0 amide bonds. The average Bonchev–Trinajstić information content (AvgIpc) is 2.67. The summed E-state index contributed by atoms with van der Waals surface area (Å²) in [6, 6.07) is 30.2. The van der Waals surface area contributed by atoms with E-state index < -0.39 is 0 Å². The summed E-state index contributed by atoms with van der Waals surface area (Å²) in [4.78, 5) is 0. The van der Waals surface area contributed by atoms with Crippen LogP contribution in [0, 0.1) is 6.92 Å². The number of nitrogens with one attached hydrogen (secondary N) is 1. The summed E-state index contributed by atoms with van der Waals surface area (Å²) in [6.07, 6.45) is 2.29. The fourth-order valence-corrected chi connectivity index (χ4v) is 2.95. The van der Waals surface area contributed by atoms with Gasteiger partial charge in [-0.3, -0.25) is 0 Å². The zero-order valence-electron chi connectivity index (χ0n) is 14.9. The minimum atomic E-state index is 0.324. The van der Waals surface area contributed by atoms with Crippen LogP contribution in [0.15, 0.2) is 91.0 Å². The van der Waals surface area contributed by atoms with Crippen LogP contribution < -0.4 is 5.32 Å². The Kier molecular flexibility index (Phi) is 5.81. The van der Waals surface area contributed by atoms with Crippen molar-refractivity contribution in [3.8, 4) is 0 Å². The SMILES string of the molecule is Cc1ccc([C@@H](C)NCC=C(c2ccccc2)c2ccccc2)cc1. The van der Waals surface area contributed by atoms with Gasteiger partial charge in [0.15, 0.2) is 0 Å². The van der Waals surface area contributed by atoms with Gasteiger partial charge >= 0.3 is 0 Å². The lowest BCUT2D eigenvalue weighted by Gasteiger charge is -2.14. The smallest absolute Gasteiger partial charge is 0.0294 e. The second kappa shape index (κ2) is 8.46. The van der Waals surface area contributed by atoms with E-state index in [1.54, 1.807) is 0 Å². The molecular formula is C24H25N. The van der Waals surface area contributed by atoms with Gasteiger partial charge < -0.3 is 5.32 Å². The fraction of sp³-hybridized carbons (Fsp3) is 0.167. The molecule has 0 spiro atoms. The van der Waals surface area contributed by atoms with Crippen LogP contribution in [0.25, 0.3) is 5.57 Å². The molecule has 0 aliphatic rings. The van der Waals surface area contributed by atoms with Gasteiger partial charge in [-0.1, -0.05) is 96.6 Å². The molecule has 1 N–H and O–H groups in total. The van der Waals surface area contributed by atoms with Crippen LogP contribution in [0.2, 0.25) is 0 Å². The Balaban J connectivity index is 1.76. The van der Waals surface area contributed by atoms with E-state index in [0.29, 0.717) is 6.04 Å². The van der Waals surface area contributed by atoms with Crippen molar-refractivity contribution in [3.63, 3.8) is 0 Å². The number of aryl methyl sites for hydroxylation is 1. The Labute approximate surface area is 151 Å². The molecule has 0 saturated heterocycles. The summed E-state index contributed by atoms with van der Waals surface area (Å²) in [6.45, 7) is 5.16. The van der Waals surface area contributed by atoms with E-state index in [1.165, 1.54) is 27.8 Å². The maximum atomic E-state index is 3.61. The molecule has 0 fully saturated rings. The van der Waals surface area contributed by atoms with E-state index in [1.807, 2.05) is 0 Å². The van der Waals surface area contributed by atoms with Gasteiger partial charge in [0, 0.05) is 12.6 Å². The van der Waals surface area contributed by atoms with E-state index in [0.717, 1.165) is 6.54 Å². The first-order chi connectivity index (χ1) is 12.2. The molecule has 3 aromatic carbocycles. The maximum Gasteiger partial charge on any atom is 0.0294 e. The maximum absolute atomic E-state index is 3.61. The minimum absolute atomic E-state index is 0.324. The summed E-state index contributed by atoms with van der Waals surface area (Å²) in [5.74, 6) is 0. The number of hydrogen-bond acceptors (Lipinski definition) is 1. The molecule has 1 nitrogen and oxygen atoms in total. The highest BCUT2D eigenvalue weighted by atomic mass is 14.9. The highest BCUT2D eigenvalue weighted by Gasteiger charge is 2.06. The summed E-state index contributed by atoms with van der Waals surface area (Å²) >= 11 is 0.